The van der Waals surface area contributed by atoms with Crippen LogP contribution in [0.25, 0.3) is 32.9 Å². The predicted octanol–water partition coefficient (Wildman–Crippen LogP) is 6.05. The van der Waals surface area contributed by atoms with E-state index in [1.54, 1.807) is 30.5 Å². The second kappa shape index (κ2) is 10.2. The minimum atomic E-state index is -0.884. The molecule has 0 bridgehead atoms. The average Bonchev–Trinajstić information content (AvgIpc) is 3.52. The number of rotatable bonds is 5. The number of anilines is 1. The number of benzene rings is 2. The Balaban J connectivity index is 1.36. The van der Waals surface area contributed by atoms with Crippen LogP contribution in [0.2, 0.25) is 0 Å². The Morgan fingerprint density at radius 1 is 1.05 bits per heavy atom. The maximum absolute atomic E-state index is 16.5. The first kappa shape index (κ1) is 26.0. The number of fused-ring (bicyclic) bond motifs is 3. The fourth-order valence-electron chi connectivity index (χ4n) is 6.96. The van der Waals surface area contributed by atoms with E-state index in [9.17, 15) is 8.78 Å². The molecule has 5 heterocycles. The van der Waals surface area contributed by atoms with Crippen LogP contribution in [0.5, 0.6) is 6.01 Å². The van der Waals surface area contributed by atoms with Crippen LogP contribution in [0, 0.1) is 24.0 Å². The molecular formula is C32H30F3N5O. The molecule has 3 saturated heterocycles. The van der Waals surface area contributed by atoms with Gasteiger partial charge in [-0.3, -0.25) is 9.88 Å². The van der Waals surface area contributed by atoms with Crippen LogP contribution >= 0.6 is 0 Å². The molecule has 3 aliphatic heterocycles. The number of nitrogens with zero attached hydrogens (tertiary/aromatic N) is 5. The Hall–Kier alpha value is -3.90. The number of ether oxygens (including phenoxy) is 1. The standard InChI is InChI=1S/C32H30F3N5O/c1-2-22-25(34)11-10-20-8-6-9-23(26(20)22)28-27(35)29-24(17-36-28)30(39-13-4-3-5-14-39)38-31(37-29)41-19-32-12-7-15-40(32)18-21(33)16-32/h1,6,8-11,17,21H,3-5,7,12-16,18-19H2/t21-,32+/m1/s1. The van der Waals surface area contributed by atoms with Crippen molar-refractivity contribution in [2.45, 2.75) is 50.2 Å². The van der Waals surface area contributed by atoms with Crippen molar-refractivity contribution in [3.63, 3.8) is 0 Å². The van der Waals surface area contributed by atoms with Crippen LogP contribution in [0.15, 0.2) is 36.5 Å². The van der Waals surface area contributed by atoms with Gasteiger partial charge in [-0.25, -0.2) is 13.2 Å². The first-order valence-corrected chi connectivity index (χ1v) is 14.3. The topological polar surface area (TPSA) is 54.4 Å². The molecule has 0 spiro atoms. The maximum atomic E-state index is 16.5. The molecule has 0 saturated carbocycles. The van der Waals surface area contributed by atoms with Gasteiger partial charge < -0.3 is 9.64 Å². The van der Waals surface area contributed by atoms with Crippen molar-refractivity contribution in [1.82, 2.24) is 19.9 Å². The zero-order valence-electron chi connectivity index (χ0n) is 22.7. The van der Waals surface area contributed by atoms with Crippen molar-refractivity contribution in [2.75, 3.05) is 37.7 Å². The van der Waals surface area contributed by atoms with E-state index >= 15 is 4.39 Å². The molecule has 0 unspecified atom stereocenters. The van der Waals surface area contributed by atoms with Gasteiger partial charge in [-0.1, -0.05) is 30.2 Å². The summed E-state index contributed by atoms with van der Waals surface area (Å²) in [6, 6.07) is 8.25. The number of pyridine rings is 1. The number of hydrogen-bond acceptors (Lipinski definition) is 6. The summed E-state index contributed by atoms with van der Waals surface area (Å²) in [5.41, 5.74) is 0.158. The Bertz CT molecular complexity index is 1700. The summed E-state index contributed by atoms with van der Waals surface area (Å²) in [7, 11) is 0. The molecule has 210 valence electrons. The summed E-state index contributed by atoms with van der Waals surface area (Å²) in [6.45, 7) is 3.06. The van der Waals surface area contributed by atoms with Gasteiger partial charge in [0.15, 0.2) is 5.82 Å². The van der Waals surface area contributed by atoms with E-state index < -0.39 is 17.8 Å². The minimum Gasteiger partial charge on any atom is -0.461 e. The van der Waals surface area contributed by atoms with E-state index in [0.29, 0.717) is 40.5 Å². The van der Waals surface area contributed by atoms with Gasteiger partial charge in [-0.15, -0.1) is 6.42 Å². The monoisotopic (exact) mass is 557 g/mol. The number of alkyl halides is 1. The number of piperidine rings is 1. The van der Waals surface area contributed by atoms with Crippen LogP contribution < -0.4 is 9.64 Å². The summed E-state index contributed by atoms with van der Waals surface area (Å²) < 4.78 is 51.7. The van der Waals surface area contributed by atoms with Crippen LogP contribution in [-0.2, 0) is 0 Å². The molecule has 6 nitrogen and oxygen atoms in total. The second-order valence-corrected chi connectivity index (χ2v) is 11.4. The fourth-order valence-corrected chi connectivity index (χ4v) is 6.96. The third kappa shape index (κ3) is 4.36. The highest BCUT2D eigenvalue weighted by Crippen LogP contribution is 2.41. The maximum Gasteiger partial charge on any atom is 0.319 e. The second-order valence-electron chi connectivity index (χ2n) is 11.4. The molecule has 9 heteroatoms. The van der Waals surface area contributed by atoms with E-state index in [1.807, 2.05) is 0 Å². The first-order valence-electron chi connectivity index (χ1n) is 14.3. The van der Waals surface area contributed by atoms with Crippen molar-refractivity contribution in [3.8, 4) is 29.6 Å². The van der Waals surface area contributed by atoms with Crippen molar-refractivity contribution < 1.29 is 17.9 Å². The number of terminal acetylenes is 1. The van der Waals surface area contributed by atoms with Crippen molar-refractivity contribution in [3.05, 3.63) is 53.7 Å². The third-order valence-electron chi connectivity index (χ3n) is 8.92. The Morgan fingerprint density at radius 3 is 2.73 bits per heavy atom. The molecule has 0 amide bonds. The van der Waals surface area contributed by atoms with E-state index in [4.69, 9.17) is 16.1 Å². The highest BCUT2D eigenvalue weighted by Gasteiger charge is 2.49. The summed E-state index contributed by atoms with van der Waals surface area (Å²) in [5, 5.41) is 1.58. The van der Waals surface area contributed by atoms with Gasteiger partial charge >= 0.3 is 6.01 Å². The minimum absolute atomic E-state index is 0.0241. The van der Waals surface area contributed by atoms with E-state index in [1.165, 1.54) is 6.07 Å². The lowest BCUT2D eigenvalue weighted by Gasteiger charge is -2.31. The highest BCUT2D eigenvalue weighted by molar-refractivity contribution is 6.02. The highest BCUT2D eigenvalue weighted by atomic mass is 19.1. The molecule has 2 atom stereocenters. The normalized spacial score (nSPS) is 22.8. The molecular weight excluding hydrogens is 527 g/mol. The van der Waals surface area contributed by atoms with Gasteiger partial charge in [-0.05, 0) is 50.1 Å². The van der Waals surface area contributed by atoms with Crippen molar-refractivity contribution in [2.24, 2.45) is 0 Å². The van der Waals surface area contributed by atoms with Gasteiger partial charge in [0.2, 0.25) is 0 Å². The largest absolute Gasteiger partial charge is 0.461 e. The molecule has 0 aliphatic carbocycles. The molecule has 3 fully saturated rings. The van der Waals surface area contributed by atoms with Gasteiger partial charge in [0, 0.05) is 43.2 Å². The van der Waals surface area contributed by atoms with E-state index in [0.717, 1.165) is 51.7 Å². The number of aromatic nitrogens is 3. The number of halogens is 3. The Labute approximate surface area is 236 Å². The van der Waals surface area contributed by atoms with E-state index in [-0.39, 0.29) is 34.9 Å². The summed E-state index contributed by atoms with van der Waals surface area (Å²) in [6.07, 6.45) is 11.7. The zero-order valence-corrected chi connectivity index (χ0v) is 22.7. The Kier molecular flexibility index (Phi) is 6.46. The summed E-state index contributed by atoms with van der Waals surface area (Å²) in [4.78, 5) is 18.1. The molecule has 41 heavy (non-hydrogen) atoms. The molecule has 4 aromatic rings. The van der Waals surface area contributed by atoms with Gasteiger partial charge in [0.05, 0.1) is 16.5 Å². The summed E-state index contributed by atoms with van der Waals surface area (Å²) >= 11 is 0. The lowest BCUT2D eigenvalue weighted by atomic mass is 9.95. The fraction of sp³-hybridized carbons (Fsp3) is 0.406. The lowest BCUT2D eigenvalue weighted by Crippen LogP contribution is -2.43. The zero-order chi connectivity index (χ0) is 28.1. The van der Waals surface area contributed by atoms with Crippen molar-refractivity contribution in [1.29, 1.82) is 0 Å². The van der Waals surface area contributed by atoms with E-state index in [2.05, 4.69) is 25.7 Å². The summed E-state index contributed by atoms with van der Waals surface area (Å²) in [5.74, 6) is 1.79. The third-order valence-corrected chi connectivity index (χ3v) is 8.92. The first-order chi connectivity index (χ1) is 20.0. The molecule has 3 aliphatic rings. The average molecular weight is 558 g/mol. The van der Waals surface area contributed by atoms with Crippen LogP contribution in [0.1, 0.15) is 44.1 Å². The molecule has 7 rings (SSSR count). The predicted molar refractivity (Wildman–Crippen MR) is 153 cm³/mol. The van der Waals surface area contributed by atoms with Gasteiger partial charge in [0.1, 0.15) is 35.6 Å². The quantitative estimate of drug-likeness (QED) is 0.279. The van der Waals surface area contributed by atoms with Crippen LogP contribution in [0.4, 0.5) is 19.0 Å². The van der Waals surface area contributed by atoms with Crippen LogP contribution in [0.3, 0.4) is 0 Å². The molecule has 0 N–H and O–H groups in total. The van der Waals surface area contributed by atoms with Gasteiger partial charge in [0.25, 0.3) is 0 Å². The molecule has 2 aromatic carbocycles. The lowest BCUT2D eigenvalue weighted by molar-refractivity contribution is 0.107. The number of hydrogen-bond donors (Lipinski definition) is 0. The molecule has 2 aromatic heterocycles. The molecule has 0 radical (unpaired) electrons. The SMILES string of the molecule is C#Cc1c(F)ccc2cccc(-c3ncc4c(N5CCCCC5)nc(OC[C@@]56CCCN5C[C@H](F)C6)nc4c3F)c12. The van der Waals surface area contributed by atoms with Crippen LogP contribution in [-0.4, -0.2) is 64.3 Å². The van der Waals surface area contributed by atoms with Gasteiger partial charge in [-0.2, -0.15) is 9.97 Å². The Morgan fingerprint density at radius 2 is 1.90 bits per heavy atom. The smallest absolute Gasteiger partial charge is 0.319 e. The van der Waals surface area contributed by atoms with Crippen molar-refractivity contribution >= 4 is 27.5 Å².